The Morgan fingerprint density at radius 1 is 1.06 bits per heavy atom. The summed E-state index contributed by atoms with van der Waals surface area (Å²) < 4.78 is 3.15. The number of hydrogen-bond donors (Lipinski definition) is 3. The number of aromatic nitrogens is 4. The molecule has 3 N–H and O–H groups in total. The molecule has 6 rings (SSSR count). The Bertz CT molecular complexity index is 1530. The summed E-state index contributed by atoms with van der Waals surface area (Å²) in [5.41, 5.74) is 4.31. The van der Waals surface area contributed by atoms with Crippen LogP contribution < -0.4 is 10.6 Å². The standard InChI is InChI=1S/C24H18N6OS/c31-24(25-13-18-14-30-8-4-3-7-22(30)27-18)28-17-9-16-12-26-29-23(16)19(11-17)21-10-15-5-1-2-6-20(15)32-21/h1-12,14H,13H2,(H,26,29)(H2,25,28,31). The Balaban J connectivity index is 1.25. The van der Waals surface area contributed by atoms with Crippen molar-refractivity contribution in [1.29, 1.82) is 0 Å². The van der Waals surface area contributed by atoms with E-state index in [2.05, 4.69) is 44.0 Å². The van der Waals surface area contributed by atoms with E-state index in [9.17, 15) is 4.79 Å². The average molecular weight is 439 g/mol. The highest BCUT2D eigenvalue weighted by atomic mass is 32.1. The number of nitrogens with one attached hydrogen (secondary N) is 3. The Morgan fingerprint density at radius 3 is 2.88 bits per heavy atom. The van der Waals surface area contributed by atoms with Crippen LogP contribution in [0.25, 0.3) is 37.1 Å². The van der Waals surface area contributed by atoms with Crippen LogP contribution in [0.5, 0.6) is 0 Å². The number of carbonyl (C=O) groups excluding carboxylic acids is 1. The number of benzene rings is 2. The van der Waals surface area contributed by atoms with Crippen molar-refractivity contribution in [2.45, 2.75) is 6.54 Å². The van der Waals surface area contributed by atoms with E-state index in [0.717, 1.165) is 32.7 Å². The number of thiophene rings is 1. The Kier molecular flexibility index (Phi) is 4.36. The molecule has 0 fully saturated rings. The van der Waals surface area contributed by atoms with Gasteiger partial charge in [0.25, 0.3) is 0 Å². The molecule has 0 aliphatic carbocycles. The summed E-state index contributed by atoms with van der Waals surface area (Å²) in [5.74, 6) is 0. The number of pyridine rings is 1. The molecule has 0 saturated heterocycles. The number of H-pyrrole nitrogens is 1. The number of hydrogen-bond acceptors (Lipinski definition) is 4. The fourth-order valence-corrected chi connectivity index (χ4v) is 4.94. The van der Waals surface area contributed by atoms with Crippen LogP contribution in [0.15, 0.2) is 79.3 Å². The minimum atomic E-state index is -0.285. The highest BCUT2D eigenvalue weighted by Crippen LogP contribution is 2.38. The lowest BCUT2D eigenvalue weighted by molar-refractivity contribution is 0.251. The lowest BCUT2D eigenvalue weighted by Gasteiger charge is -2.09. The van der Waals surface area contributed by atoms with Crippen LogP contribution in [-0.4, -0.2) is 25.6 Å². The van der Waals surface area contributed by atoms with Crippen molar-refractivity contribution >= 4 is 49.7 Å². The minimum Gasteiger partial charge on any atom is -0.332 e. The van der Waals surface area contributed by atoms with Crippen LogP contribution in [0.1, 0.15) is 5.69 Å². The van der Waals surface area contributed by atoms with Crippen molar-refractivity contribution < 1.29 is 4.79 Å². The number of fused-ring (bicyclic) bond motifs is 3. The predicted octanol–water partition coefficient (Wildman–Crippen LogP) is 5.41. The largest absolute Gasteiger partial charge is 0.332 e. The Hall–Kier alpha value is -4.17. The summed E-state index contributed by atoms with van der Waals surface area (Å²) in [4.78, 5) is 18.2. The third kappa shape index (κ3) is 3.36. The number of aromatic amines is 1. The molecule has 0 atom stereocenters. The Morgan fingerprint density at radius 2 is 1.97 bits per heavy atom. The summed E-state index contributed by atoms with van der Waals surface area (Å²) in [6.45, 7) is 0.338. The van der Waals surface area contributed by atoms with Gasteiger partial charge in [0.2, 0.25) is 0 Å². The summed E-state index contributed by atoms with van der Waals surface area (Å²) in [6.07, 6.45) is 5.61. The maximum atomic E-state index is 12.6. The van der Waals surface area contributed by atoms with Gasteiger partial charge in [-0.1, -0.05) is 24.3 Å². The predicted molar refractivity (Wildman–Crippen MR) is 128 cm³/mol. The first-order valence-electron chi connectivity index (χ1n) is 10.2. The smallest absolute Gasteiger partial charge is 0.319 e. The first-order valence-corrected chi connectivity index (χ1v) is 11.0. The van der Waals surface area contributed by atoms with Gasteiger partial charge in [-0.3, -0.25) is 5.10 Å². The zero-order valence-corrected chi connectivity index (χ0v) is 17.7. The van der Waals surface area contributed by atoms with Gasteiger partial charge in [-0.05, 0) is 41.8 Å². The molecule has 0 spiro atoms. The third-order valence-electron chi connectivity index (χ3n) is 5.34. The van der Waals surface area contributed by atoms with Gasteiger partial charge < -0.3 is 15.0 Å². The molecule has 2 aromatic carbocycles. The molecule has 0 unspecified atom stereocenters. The highest BCUT2D eigenvalue weighted by Gasteiger charge is 2.13. The van der Waals surface area contributed by atoms with Crippen molar-refractivity contribution in [3.8, 4) is 10.4 Å². The molecule has 4 heterocycles. The van der Waals surface area contributed by atoms with Crippen LogP contribution in [-0.2, 0) is 6.54 Å². The quantitative estimate of drug-likeness (QED) is 0.344. The van der Waals surface area contributed by atoms with Crippen LogP contribution in [0, 0.1) is 0 Å². The van der Waals surface area contributed by atoms with E-state index in [1.165, 1.54) is 10.1 Å². The van der Waals surface area contributed by atoms with Gasteiger partial charge >= 0.3 is 6.03 Å². The van der Waals surface area contributed by atoms with Gasteiger partial charge in [-0.25, -0.2) is 9.78 Å². The van der Waals surface area contributed by atoms with Gasteiger partial charge in [0.1, 0.15) is 5.65 Å². The van der Waals surface area contributed by atoms with Crippen molar-refractivity contribution in [1.82, 2.24) is 24.9 Å². The maximum Gasteiger partial charge on any atom is 0.319 e. The summed E-state index contributed by atoms with van der Waals surface area (Å²) >= 11 is 1.72. The number of rotatable bonds is 4. The van der Waals surface area contributed by atoms with E-state index in [0.29, 0.717) is 12.2 Å². The van der Waals surface area contributed by atoms with E-state index < -0.39 is 0 Å². The fourth-order valence-electron chi connectivity index (χ4n) is 3.86. The number of amides is 2. The molecular formula is C24H18N6OS. The SMILES string of the molecule is O=C(NCc1cn2ccccc2n1)Nc1cc(-c2cc3ccccc3s2)c2[nH]ncc2c1. The normalized spacial score (nSPS) is 11.4. The molecule has 7 nitrogen and oxygen atoms in total. The van der Waals surface area contributed by atoms with E-state index in [1.807, 2.05) is 59.3 Å². The first-order chi connectivity index (χ1) is 15.7. The van der Waals surface area contributed by atoms with E-state index >= 15 is 0 Å². The van der Waals surface area contributed by atoms with Gasteiger partial charge in [0.05, 0.1) is 24.0 Å². The molecule has 8 heteroatoms. The number of anilines is 1. The fraction of sp³-hybridized carbons (Fsp3) is 0.0417. The first kappa shape index (κ1) is 18.6. The molecule has 0 saturated carbocycles. The summed E-state index contributed by atoms with van der Waals surface area (Å²) in [6, 6.07) is 19.9. The van der Waals surface area contributed by atoms with Crippen LogP contribution in [0.4, 0.5) is 10.5 Å². The van der Waals surface area contributed by atoms with Gasteiger partial charge in [-0.15, -0.1) is 11.3 Å². The van der Waals surface area contributed by atoms with Crippen molar-refractivity contribution in [2.24, 2.45) is 0 Å². The number of imidazole rings is 1. The second-order valence-corrected chi connectivity index (χ2v) is 8.60. The molecule has 0 bridgehead atoms. The summed E-state index contributed by atoms with van der Waals surface area (Å²) in [7, 11) is 0. The molecule has 6 aromatic rings. The van der Waals surface area contributed by atoms with Gasteiger partial charge in [-0.2, -0.15) is 5.10 Å². The molecule has 32 heavy (non-hydrogen) atoms. The molecule has 2 amide bonds. The lowest BCUT2D eigenvalue weighted by atomic mass is 10.1. The summed E-state index contributed by atoms with van der Waals surface area (Å²) in [5, 5.41) is 15.3. The zero-order valence-electron chi connectivity index (χ0n) is 16.9. The van der Waals surface area contributed by atoms with Crippen molar-refractivity contribution in [3.63, 3.8) is 0 Å². The van der Waals surface area contributed by atoms with Crippen LogP contribution >= 0.6 is 11.3 Å². The average Bonchev–Trinajstić information content (AvgIpc) is 3.54. The molecule has 156 valence electrons. The molecule has 4 aromatic heterocycles. The molecule has 0 aliphatic rings. The van der Waals surface area contributed by atoms with E-state index in [-0.39, 0.29) is 6.03 Å². The zero-order chi connectivity index (χ0) is 21.5. The van der Waals surface area contributed by atoms with Crippen LogP contribution in [0.2, 0.25) is 0 Å². The van der Waals surface area contributed by atoms with Crippen molar-refractivity contribution in [3.05, 3.63) is 84.9 Å². The molecular weight excluding hydrogens is 420 g/mol. The monoisotopic (exact) mass is 438 g/mol. The van der Waals surface area contributed by atoms with Crippen LogP contribution in [0.3, 0.4) is 0 Å². The Labute approximate surface area is 186 Å². The number of urea groups is 1. The molecule has 0 aliphatic heterocycles. The van der Waals surface area contributed by atoms with E-state index in [4.69, 9.17) is 0 Å². The second kappa shape index (κ2) is 7.51. The highest BCUT2D eigenvalue weighted by molar-refractivity contribution is 7.22. The number of carbonyl (C=O) groups is 1. The lowest BCUT2D eigenvalue weighted by Crippen LogP contribution is -2.28. The second-order valence-electron chi connectivity index (χ2n) is 7.51. The topological polar surface area (TPSA) is 87.1 Å². The van der Waals surface area contributed by atoms with Crippen molar-refractivity contribution in [2.75, 3.05) is 5.32 Å². The van der Waals surface area contributed by atoms with Gasteiger partial charge in [0.15, 0.2) is 0 Å². The van der Waals surface area contributed by atoms with E-state index in [1.54, 1.807) is 17.5 Å². The number of nitrogens with zero attached hydrogens (tertiary/aromatic N) is 3. The van der Waals surface area contributed by atoms with Gasteiger partial charge in [0, 0.05) is 38.6 Å². The molecule has 0 radical (unpaired) electrons. The minimum absolute atomic E-state index is 0.285. The third-order valence-corrected chi connectivity index (χ3v) is 6.49. The maximum absolute atomic E-state index is 12.6.